The van der Waals surface area contributed by atoms with E-state index in [4.69, 9.17) is 4.98 Å². The van der Waals surface area contributed by atoms with E-state index < -0.39 is 16.4 Å². The van der Waals surface area contributed by atoms with Crippen molar-refractivity contribution >= 4 is 26.9 Å². The van der Waals surface area contributed by atoms with Crippen LogP contribution in [0.1, 0.15) is 55.6 Å². The van der Waals surface area contributed by atoms with Gasteiger partial charge < -0.3 is 10.6 Å². The number of aromatic nitrogens is 2. The van der Waals surface area contributed by atoms with Crippen molar-refractivity contribution in [2.24, 2.45) is 5.41 Å². The van der Waals surface area contributed by atoms with E-state index in [2.05, 4.69) is 15.6 Å². The predicted octanol–water partition coefficient (Wildman–Crippen LogP) is 3.26. The molecule has 1 aromatic heterocycles. The van der Waals surface area contributed by atoms with Gasteiger partial charge in [0.1, 0.15) is 0 Å². The van der Waals surface area contributed by atoms with Crippen LogP contribution in [0.3, 0.4) is 0 Å². The van der Waals surface area contributed by atoms with Crippen LogP contribution in [-0.4, -0.2) is 61.2 Å². The molecule has 10 heteroatoms. The standard InChI is InChI=1S/C22H29F2N5O2S/c1-32(30,31)29-6-2-17(3-7-29)27-21-26-12-15-8-14(20(23)24)9-18(19(15)28-21)16-10-22(11-16)4-5-25-13-22/h8-9,12,16-17,20,25H,2-7,10-11,13H2,1H3,(H,26,27,28). The van der Waals surface area contributed by atoms with E-state index in [9.17, 15) is 17.2 Å². The van der Waals surface area contributed by atoms with Crippen LogP contribution >= 0.6 is 0 Å². The number of benzene rings is 1. The third-order valence-corrected chi connectivity index (χ3v) is 8.68. The first-order chi connectivity index (χ1) is 15.2. The van der Waals surface area contributed by atoms with Crippen LogP contribution < -0.4 is 10.6 Å². The summed E-state index contributed by atoms with van der Waals surface area (Å²) in [7, 11) is -3.17. The van der Waals surface area contributed by atoms with Gasteiger partial charge >= 0.3 is 0 Å². The molecule has 5 rings (SSSR count). The van der Waals surface area contributed by atoms with Crippen LogP contribution in [0.5, 0.6) is 0 Å². The number of rotatable bonds is 5. The summed E-state index contributed by atoms with van der Waals surface area (Å²) in [6.45, 7) is 2.96. The SMILES string of the molecule is CS(=O)(=O)N1CCC(Nc2ncc3cc(C(F)F)cc(C4CC5(CCNC5)C4)c3n2)CC1. The Labute approximate surface area is 187 Å². The summed E-state index contributed by atoms with van der Waals surface area (Å²) in [6.07, 6.45) is 4.80. The summed E-state index contributed by atoms with van der Waals surface area (Å²) in [5.74, 6) is 0.703. The van der Waals surface area contributed by atoms with Crippen molar-refractivity contribution in [3.8, 4) is 0 Å². The molecular formula is C22H29F2N5O2S. The van der Waals surface area contributed by atoms with Gasteiger partial charge in [0.05, 0.1) is 11.8 Å². The molecule has 3 fully saturated rings. The lowest BCUT2D eigenvalue weighted by Gasteiger charge is -2.45. The Bertz CT molecular complexity index is 1100. The minimum Gasteiger partial charge on any atom is -0.351 e. The highest BCUT2D eigenvalue weighted by molar-refractivity contribution is 7.88. The second kappa shape index (κ2) is 8.14. The zero-order chi connectivity index (χ0) is 22.5. The molecular weight excluding hydrogens is 436 g/mol. The Morgan fingerprint density at radius 3 is 2.62 bits per heavy atom. The minimum absolute atomic E-state index is 0.0236. The Hall–Kier alpha value is -1.91. The first kappa shape index (κ1) is 21.9. The largest absolute Gasteiger partial charge is 0.351 e. The van der Waals surface area contributed by atoms with Crippen molar-refractivity contribution in [1.29, 1.82) is 0 Å². The molecule has 1 saturated carbocycles. The Morgan fingerprint density at radius 2 is 2.00 bits per heavy atom. The maximum absolute atomic E-state index is 13.5. The molecule has 0 amide bonds. The van der Waals surface area contributed by atoms with Gasteiger partial charge in [-0.05, 0) is 67.7 Å². The van der Waals surface area contributed by atoms with Crippen LogP contribution in [0.25, 0.3) is 10.9 Å². The average molecular weight is 466 g/mol. The molecule has 32 heavy (non-hydrogen) atoms. The van der Waals surface area contributed by atoms with Crippen LogP contribution in [0.15, 0.2) is 18.3 Å². The fourth-order valence-corrected chi connectivity index (χ4v) is 6.44. The molecule has 2 aliphatic heterocycles. The maximum atomic E-state index is 13.5. The molecule has 7 nitrogen and oxygen atoms in total. The van der Waals surface area contributed by atoms with Gasteiger partial charge in [-0.25, -0.2) is 31.5 Å². The molecule has 0 bridgehead atoms. The highest BCUT2D eigenvalue weighted by atomic mass is 32.2. The number of halogens is 2. The smallest absolute Gasteiger partial charge is 0.263 e. The molecule has 174 valence electrons. The lowest BCUT2D eigenvalue weighted by molar-refractivity contribution is 0.127. The monoisotopic (exact) mass is 465 g/mol. The van der Waals surface area contributed by atoms with Gasteiger partial charge in [0.2, 0.25) is 16.0 Å². The van der Waals surface area contributed by atoms with Crippen molar-refractivity contribution in [3.63, 3.8) is 0 Å². The summed E-state index contributed by atoms with van der Waals surface area (Å²) in [6, 6.07) is 3.20. The second-order valence-electron chi connectivity index (χ2n) is 9.65. The molecule has 1 aliphatic carbocycles. The fraction of sp³-hybridized carbons (Fsp3) is 0.636. The van der Waals surface area contributed by atoms with Crippen molar-refractivity contribution in [3.05, 3.63) is 29.5 Å². The Kier molecular flexibility index (Phi) is 5.58. The van der Waals surface area contributed by atoms with Crippen LogP contribution in [0.4, 0.5) is 14.7 Å². The lowest BCUT2D eigenvalue weighted by Crippen LogP contribution is -2.42. The van der Waals surface area contributed by atoms with E-state index in [1.165, 1.54) is 16.6 Å². The van der Waals surface area contributed by atoms with Gasteiger partial charge in [-0.2, -0.15) is 0 Å². The number of hydrogen-bond donors (Lipinski definition) is 2. The molecule has 0 unspecified atom stereocenters. The van der Waals surface area contributed by atoms with E-state index in [0.29, 0.717) is 42.7 Å². The molecule has 1 aromatic carbocycles. The third-order valence-electron chi connectivity index (χ3n) is 7.37. The maximum Gasteiger partial charge on any atom is 0.263 e. The van der Waals surface area contributed by atoms with Crippen LogP contribution in [0.2, 0.25) is 0 Å². The normalized spacial score (nSPS) is 27.3. The fourth-order valence-electron chi connectivity index (χ4n) is 5.57. The summed E-state index contributed by atoms with van der Waals surface area (Å²) in [5.41, 5.74) is 1.97. The number of hydrogen-bond acceptors (Lipinski definition) is 6. The van der Waals surface area contributed by atoms with Gasteiger partial charge in [-0.1, -0.05) is 0 Å². The van der Waals surface area contributed by atoms with Crippen molar-refractivity contribution in [1.82, 2.24) is 19.6 Å². The molecule has 2 saturated heterocycles. The highest BCUT2D eigenvalue weighted by Gasteiger charge is 2.47. The Balaban J connectivity index is 1.38. The number of nitrogens with zero attached hydrogens (tertiary/aromatic N) is 3. The van der Waals surface area contributed by atoms with E-state index >= 15 is 0 Å². The minimum atomic E-state index is -3.17. The first-order valence-electron chi connectivity index (χ1n) is 11.2. The van der Waals surface area contributed by atoms with Crippen molar-refractivity contribution < 1.29 is 17.2 Å². The van der Waals surface area contributed by atoms with Gasteiger partial charge in [-0.15, -0.1) is 0 Å². The van der Waals surface area contributed by atoms with E-state index in [1.807, 2.05) is 0 Å². The van der Waals surface area contributed by atoms with Gasteiger partial charge in [0.15, 0.2) is 0 Å². The number of piperidine rings is 1. The summed E-state index contributed by atoms with van der Waals surface area (Å²) in [4.78, 5) is 9.12. The molecule has 3 aliphatic rings. The number of nitrogens with one attached hydrogen (secondary N) is 2. The van der Waals surface area contributed by atoms with E-state index in [0.717, 1.165) is 43.4 Å². The zero-order valence-electron chi connectivity index (χ0n) is 18.2. The van der Waals surface area contributed by atoms with Gasteiger partial charge in [0.25, 0.3) is 6.43 Å². The predicted molar refractivity (Wildman–Crippen MR) is 119 cm³/mol. The van der Waals surface area contributed by atoms with Crippen molar-refractivity contribution in [2.75, 3.05) is 37.8 Å². The van der Waals surface area contributed by atoms with E-state index in [1.54, 1.807) is 12.3 Å². The summed E-state index contributed by atoms with van der Waals surface area (Å²) < 4.78 is 52.0. The average Bonchev–Trinajstić information content (AvgIpc) is 3.22. The van der Waals surface area contributed by atoms with Crippen LogP contribution in [0, 0.1) is 5.41 Å². The summed E-state index contributed by atoms with van der Waals surface area (Å²) >= 11 is 0. The second-order valence-corrected chi connectivity index (χ2v) is 11.6. The molecule has 2 aromatic rings. The van der Waals surface area contributed by atoms with Crippen molar-refractivity contribution in [2.45, 2.75) is 50.5 Å². The van der Waals surface area contributed by atoms with Crippen LogP contribution in [-0.2, 0) is 10.0 Å². The molecule has 0 radical (unpaired) electrons. The topological polar surface area (TPSA) is 87.2 Å². The third kappa shape index (κ3) is 4.20. The Morgan fingerprint density at radius 1 is 1.25 bits per heavy atom. The zero-order valence-corrected chi connectivity index (χ0v) is 19.0. The number of anilines is 1. The van der Waals surface area contributed by atoms with Gasteiger partial charge in [0, 0.05) is 42.8 Å². The first-order valence-corrected chi connectivity index (χ1v) is 13.1. The van der Waals surface area contributed by atoms with E-state index in [-0.39, 0.29) is 17.5 Å². The molecule has 2 N–H and O–H groups in total. The lowest BCUT2D eigenvalue weighted by atomic mass is 9.59. The quantitative estimate of drug-likeness (QED) is 0.705. The molecule has 3 heterocycles. The number of fused-ring (bicyclic) bond motifs is 1. The number of alkyl halides is 2. The highest BCUT2D eigenvalue weighted by Crippen LogP contribution is 2.55. The molecule has 1 spiro atoms. The van der Waals surface area contributed by atoms with Gasteiger partial charge in [-0.3, -0.25) is 0 Å². The number of sulfonamides is 1. The molecule has 0 atom stereocenters. The summed E-state index contributed by atoms with van der Waals surface area (Å²) in [5, 5.41) is 7.39.